The molecular weight excluding hydrogens is 344 g/mol. The van der Waals surface area contributed by atoms with Gasteiger partial charge in [-0.2, -0.15) is 0 Å². The number of amides is 1. The third-order valence-corrected chi connectivity index (χ3v) is 5.00. The summed E-state index contributed by atoms with van der Waals surface area (Å²) in [7, 11) is 0. The molecule has 2 N–H and O–H groups in total. The Morgan fingerprint density at radius 1 is 0.893 bits per heavy atom. The molecular formula is C25H28N2O. The number of aryl methyl sites for hydroxylation is 2. The summed E-state index contributed by atoms with van der Waals surface area (Å²) >= 11 is 0. The lowest BCUT2D eigenvalue weighted by Gasteiger charge is -2.20. The summed E-state index contributed by atoms with van der Waals surface area (Å²) in [6, 6.07) is 26.9. The summed E-state index contributed by atoms with van der Waals surface area (Å²) in [6.45, 7) is 4.40. The highest BCUT2D eigenvalue weighted by atomic mass is 16.1. The minimum atomic E-state index is -0.0157. The van der Waals surface area contributed by atoms with Crippen molar-refractivity contribution in [3.63, 3.8) is 0 Å². The molecule has 3 aromatic rings. The second kappa shape index (κ2) is 9.86. The van der Waals surface area contributed by atoms with Crippen LogP contribution in [0.4, 0.5) is 5.69 Å². The van der Waals surface area contributed by atoms with Gasteiger partial charge in [-0.15, -0.1) is 0 Å². The Kier molecular flexibility index (Phi) is 6.99. The second-order valence-corrected chi connectivity index (χ2v) is 7.04. The van der Waals surface area contributed by atoms with Gasteiger partial charge < -0.3 is 10.6 Å². The molecule has 0 saturated heterocycles. The van der Waals surface area contributed by atoms with Crippen molar-refractivity contribution in [2.45, 2.75) is 32.7 Å². The first-order valence-electron chi connectivity index (χ1n) is 9.88. The molecule has 0 radical (unpaired) electrons. The Bertz CT molecular complexity index is 891. The number of nitrogens with one attached hydrogen (secondary N) is 2. The lowest BCUT2D eigenvalue weighted by atomic mass is 9.99. The van der Waals surface area contributed by atoms with E-state index in [-0.39, 0.29) is 18.5 Å². The largest absolute Gasteiger partial charge is 0.324 e. The molecule has 1 amide bonds. The van der Waals surface area contributed by atoms with Gasteiger partial charge in [0.2, 0.25) is 5.91 Å². The molecule has 0 aliphatic heterocycles. The van der Waals surface area contributed by atoms with Crippen molar-refractivity contribution >= 4 is 11.6 Å². The van der Waals surface area contributed by atoms with Crippen molar-refractivity contribution < 1.29 is 4.79 Å². The fourth-order valence-electron chi connectivity index (χ4n) is 3.44. The normalized spacial score (nSPS) is 11.8. The Morgan fingerprint density at radius 3 is 2.25 bits per heavy atom. The summed E-state index contributed by atoms with van der Waals surface area (Å²) in [6.07, 6.45) is 1.73. The van der Waals surface area contributed by atoms with Gasteiger partial charge in [-0.25, -0.2) is 0 Å². The first-order chi connectivity index (χ1) is 13.7. The van der Waals surface area contributed by atoms with Crippen molar-refractivity contribution in [2.24, 2.45) is 0 Å². The average Bonchev–Trinajstić information content (AvgIpc) is 2.74. The first kappa shape index (κ1) is 19.8. The van der Waals surface area contributed by atoms with Crippen LogP contribution in [-0.4, -0.2) is 12.5 Å². The van der Waals surface area contributed by atoms with E-state index in [1.54, 1.807) is 0 Å². The number of carbonyl (C=O) groups is 1. The molecule has 0 aromatic heterocycles. The van der Waals surface area contributed by atoms with E-state index in [9.17, 15) is 4.79 Å². The van der Waals surface area contributed by atoms with Crippen LogP contribution in [-0.2, 0) is 17.6 Å². The van der Waals surface area contributed by atoms with Gasteiger partial charge in [0, 0.05) is 11.7 Å². The number of para-hydroxylation sites is 1. The first-order valence-corrected chi connectivity index (χ1v) is 9.88. The molecule has 28 heavy (non-hydrogen) atoms. The van der Waals surface area contributed by atoms with Crippen molar-refractivity contribution in [1.82, 2.24) is 5.32 Å². The van der Waals surface area contributed by atoms with E-state index in [1.807, 2.05) is 43.3 Å². The zero-order valence-electron chi connectivity index (χ0n) is 16.6. The molecule has 0 aliphatic carbocycles. The highest BCUT2D eigenvalue weighted by Gasteiger charge is 2.14. The Hall–Kier alpha value is -2.91. The second-order valence-electron chi connectivity index (χ2n) is 7.04. The smallest absolute Gasteiger partial charge is 0.238 e. The highest BCUT2D eigenvalue weighted by Crippen LogP contribution is 2.21. The number of carbonyl (C=O) groups excluding carboxylic acids is 1. The molecule has 144 valence electrons. The highest BCUT2D eigenvalue weighted by molar-refractivity contribution is 5.93. The Balaban J connectivity index is 1.69. The van der Waals surface area contributed by atoms with E-state index in [1.165, 1.54) is 11.1 Å². The summed E-state index contributed by atoms with van der Waals surface area (Å²) < 4.78 is 0. The molecule has 0 unspecified atom stereocenters. The molecule has 0 bridgehead atoms. The molecule has 0 heterocycles. The van der Waals surface area contributed by atoms with Crippen molar-refractivity contribution in [3.05, 3.63) is 101 Å². The summed E-state index contributed by atoms with van der Waals surface area (Å²) in [5.74, 6) is -0.0157. The van der Waals surface area contributed by atoms with Gasteiger partial charge in [-0.3, -0.25) is 4.79 Å². The Labute approximate surface area is 167 Å². The predicted molar refractivity (Wildman–Crippen MR) is 117 cm³/mol. The summed E-state index contributed by atoms with van der Waals surface area (Å²) in [5.41, 5.74) is 5.63. The van der Waals surface area contributed by atoms with Crippen LogP contribution in [0.15, 0.2) is 78.9 Å². The van der Waals surface area contributed by atoms with Crippen molar-refractivity contribution in [2.75, 3.05) is 11.9 Å². The fourth-order valence-corrected chi connectivity index (χ4v) is 3.44. The van der Waals surface area contributed by atoms with E-state index < -0.39 is 0 Å². The topological polar surface area (TPSA) is 41.1 Å². The number of anilines is 1. The van der Waals surface area contributed by atoms with Gasteiger partial charge in [0.1, 0.15) is 0 Å². The predicted octanol–water partition coefficient (Wildman–Crippen LogP) is 5.07. The fraction of sp³-hybridized carbons (Fsp3) is 0.240. The molecule has 3 rings (SSSR count). The quantitative estimate of drug-likeness (QED) is 0.580. The van der Waals surface area contributed by atoms with Crippen LogP contribution >= 0.6 is 0 Å². The zero-order chi connectivity index (χ0) is 19.8. The van der Waals surface area contributed by atoms with Crippen molar-refractivity contribution in [3.8, 4) is 0 Å². The van der Waals surface area contributed by atoms with Crippen LogP contribution in [0, 0.1) is 6.92 Å². The standard InChI is InChI=1S/C25H28N2O/c1-3-21-16-10-11-19(2)25(21)27-24(28)18-26-23(22-14-8-5-9-15-22)17-20-12-6-4-7-13-20/h4-16,23,26H,3,17-18H2,1-2H3,(H,27,28)/t23-/m0/s1. The number of hydrogen-bond donors (Lipinski definition) is 2. The van der Waals surface area contributed by atoms with Gasteiger partial charge in [0.15, 0.2) is 0 Å². The minimum Gasteiger partial charge on any atom is -0.324 e. The average molecular weight is 373 g/mol. The van der Waals surface area contributed by atoms with Gasteiger partial charge >= 0.3 is 0 Å². The van der Waals surface area contributed by atoms with E-state index in [0.717, 1.165) is 29.7 Å². The molecule has 1 atom stereocenters. The molecule has 0 aliphatic rings. The van der Waals surface area contributed by atoms with Gasteiger partial charge in [-0.05, 0) is 42.0 Å². The van der Waals surface area contributed by atoms with E-state index in [0.29, 0.717) is 0 Å². The SMILES string of the molecule is CCc1cccc(C)c1NC(=O)CN[C@@H](Cc1ccccc1)c1ccccc1. The number of rotatable bonds is 8. The van der Waals surface area contributed by atoms with Gasteiger partial charge in [0.05, 0.1) is 6.54 Å². The third-order valence-electron chi connectivity index (χ3n) is 5.00. The van der Waals surface area contributed by atoms with E-state index in [2.05, 4.69) is 60.0 Å². The number of benzene rings is 3. The van der Waals surface area contributed by atoms with Crippen LogP contribution in [0.5, 0.6) is 0 Å². The van der Waals surface area contributed by atoms with Crippen molar-refractivity contribution in [1.29, 1.82) is 0 Å². The van der Waals surface area contributed by atoms with Crippen LogP contribution in [0.25, 0.3) is 0 Å². The maximum absolute atomic E-state index is 12.6. The number of hydrogen-bond acceptors (Lipinski definition) is 2. The third kappa shape index (κ3) is 5.30. The van der Waals surface area contributed by atoms with Crippen LogP contribution in [0.3, 0.4) is 0 Å². The molecule has 3 aromatic carbocycles. The van der Waals surface area contributed by atoms with Crippen LogP contribution in [0.2, 0.25) is 0 Å². The molecule has 0 fully saturated rings. The maximum atomic E-state index is 12.6. The maximum Gasteiger partial charge on any atom is 0.238 e. The van der Waals surface area contributed by atoms with Gasteiger partial charge in [0.25, 0.3) is 0 Å². The lowest BCUT2D eigenvalue weighted by molar-refractivity contribution is -0.115. The Morgan fingerprint density at radius 2 is 1.57 bits per heavy atom. The minimum absolute atomic E-state index is 0.0157. The summed E-state index contributed by atoms with van der Waals surface area (Å²) in [5, 5.41) is 6.55. The van der Waals surface area contributed by atoms with E-state index >= 15 is 0 Å². The zero-order valence-corrected chi connectivity index (χ0v) is 16.6. The lowest BCUT2D eigenvalue weighted by Crippen LogP contribution is -2.32. The molecule has 3 heteroatoms. The molecule has 0 spiro atoms. The van der Waals surface area contributed by atoms with E-state index in [4.69, 9.17) is 0 Å². The van der Waals surface area contributed by atoms with Gasteiger partial charge in [-0.1, -0.05) is 85.8 Å². The summed E-state index contributed by atoms with van der Waals surface area (Å²) in [4.78, 5) is 12.6. The molecule has 0 saturated carbocycles. The molecule has 3 nitrogen and oxygen atoms in total. The van der Waals surface area contributed by atoms with Crippen LogP contribution in [0.1, 0.15) is 35.2 Å². The van der Waals surface area contributed by atoms with Crippen LogP contribution < -0.4 is 10.6 Å². The monoisotopic (exact) mass is 372 g/mol.